The molecule has 0 unspecified atom stereocenters. The first kappa shape index (κ1) is 21.1. The summed E-state index contributed by atoms with van der Waals surface area (Å²) in [6.45, 7) is 5.66. The monoisotopic (exact) mass is 385 g/mol. The average molecular weight is 385 g/mol. The number of alkyl halides is 3. The van der Waals surface area contributed by atoms with Gasteiger partial charge >= 0.3 is 12.2 Å². The Morgan fingerprint density at radius 1 is 1.07 bits per heavy atom. The number of carbonyl (C=O) groups excluding carboxylic acids is 2. The number of benzene rings is 1. The van der Waals surface area contributed by atoms with E-state index in [1.165, 1.54) is 0 Å². The third-order valence-corrected chi connectivity index (χ3v) is 4.62. The predicted molar refractivity (Wildman–Crippen MR) is 97.5 cm³/mol. The molecule has 5 nitrogen and oxygen atoms in total. The van der Waals surface area contributed by atoms with Gasteiger partial charge < -0.3 is 15.5 Å². The second-order valence-electron chi connectivity index (χ2n) is 7.85. The maximum absolute atomic E-state index is 12.3. The molecule has 1 saturated heterocycles. The Labute approximate surface area is 157 Å². The van der Waals surface area contributed by atoms with Crippen molar-refractivity contribution in [1.29, 1.82) is 0 Å². The second kappa shape index (κ2) is 8.19. The molecular formula is C19H26F3N3O2. The number of hydrogen-bond donors (Lipinski definition) is 2. The molecule has 0 bridgehead atoms. The molecule has 0 saturated carbocycles. The first-order valence-electron chi connectivity index (χ1n) is 8.96. The number of nitrogens with one attached hydrogen (secondary N) is 2. The molecule has 8 heteroatoms. The molecule has 0 spiro atoms. The molecule has 0 aliphatic carbocycles. The Morgan fingerprint density at radius 3 is 2.11 bits per heavy atom. The van der Waals surface area contributed by atoms with Crippen molar-refractivity contribution < 1.29 is 22.8 Å². The van der Waals surface area contributed by atoms with Gasteiger partial charge in [0.25, 0.3) is 0 Å². The molecule has 1 aromatic carbocycles. The van der Waals surface area contributed by atoms with Crippen LogP contribution < -0.4 is 10.6 Å². The van der Waals surface area contributed by atoms with E-state index in [1.807, 2.05) is 29.6 Å². The molecule has 2 rings (SSSR count). The fraction of sp³-hybridized carbons (Fsp3) is 0.579. The number of likely N-dealkylation sites (tertiary alicyclic amines) is 1. The van der Waals surface area contributed by atoms with E-state index in [4.69, 9.17) is 0 Å². The summed E-state index contributed by atoms with van der Waals surface area (Å²) in [6.07, 6.45) is -3.72. The highest BCUT2D eigenvalue weighted by atomic mass is 19.4. The third-order valence-electron chi connectivity index (χ3n) is 4.62. The topological polar surface area (TPSA) is 61.4 Å². The molecule has 150 valence electrons. The van der Waals surface area contributed by atoms with Crippen LogP contribution in [0.25, 0.3) is 0 Å². The number of hydrogen-bond acceptors (Lipinski definition) is 2. The Morgan fingerprint density at radius 2 is 1.63 bits per heavy atom. The van der Waals surface area contributed by atoms with Gasteiger partial charge in [-0.1, -0.05) is 32.9 Å². The van der Waals surface area contributed by atoms with Gasteiger partial charge in [-0.05, 0) is 36.0 Å². The molecule has 0 atom stereocenters. The van der Waals surface area contributed by atoms with Crippen molar-refractivity contribution in [3.63, 3.8) is 0 Å². The lowest BCUT2D eigenvalue weighted by Crippen LogP contribution is -2.45. The zero-order chi connectivity index (χ0) is 20.2. The summed E-state index contributed by atoms with van der Waals surface area (Å²) >= 11 is 0. The van der Waals surface area contributed by atoms with E-state index >= 15 is 0 Å². The van der Waals surface area contributed by atoms with Crippen LogP contribution in [0.5, 0.6) is 0 Å². The highest BCUT2D eigenvalue weighted by molar-refractivity contribution is 5.89. The predicted octanol–water partition coefficient (Wildman–Crippen LogP) is 3.91. The maximum atomic E-state index is 12.3. The maximum Gasteiger partial charge on any atom is 0.405 e. The van der Waals surface area contributed by atoms with Crippen LogP contribution in [0.2, 0.25) is 0 Å². The van der Waals surface area contributed by atoms with E-state index in [-0.39, 0.29) is 11.4 Å². The first-order valence-corrected chi connectivity index (χ1v) is 8.96. The van der Waals surface area contributed by atoms with E-state index in [1.54, 1.807) is 4.90 Å². The molecule has 0 aromatic heterocycles. The van der Waals surface area contributed by atoms with Gasteiger partial charge in [-0.3, -0.25) is 4.79 Å². The Kier molecular flexibility index (Phi) is 6.38. The highest BCUT2D eigenvalue weighted by Crippen LogP contribution is 2.24. The van der Waals surface area contributed by atoms with E-state index in [0.717, 1.165) is 5.56 Å². The van der Waals surface area contributed by atoms with Gasteiger partial charge in [0.15, 0.2) is 0 Å². The Bertz CT molecular complexity index is 658. The summed E-state index contributed by atoms with van der Waals surface area (Å²) in [5.41, 5.74) is 1.86. The number of rotatable bonds is 3. The summed E-state index contributed by atoms with van der Waals surface area (Å²) in [7, 11) is 0. The van der Waals surface area contributed by atoms with E-state index < -0.39 is 24.5 Å². The molecule has 27 heavy (non-hydrogen) atoms. The highest BCUT2D eigenvalue weighted by Gasteiger charge is 2.31. The summed E-state index contributed by atoms with van der Waals surface area (Å²) in [5.74, 6) is -1.10. The molecule has 1 heterocycles. The van der Waals surface area contributed by atoms with Gasteiger partial charge in [0, 0.05) is 24.7 Å². The summed E-state index contributed by atoms with van der Waals surface area (Å²) < 4.78 is 36.5. The number of carbonyl (C=O) groups is 2. The third kappa shape index (κ3) is 6.45. The van der Waals surface area contributed by atoms with Crippen molar-refractivity contribution >= 4 is 17.6 Å². The van der Waals surface area contributed by atoms with Gasteiger partial charge in [0.05, 0.1) is 0 Å². The van der Waals surface area contributed by atoms with Crippen LogP contribution in [0.15, 0.2) is 24.3 Å². The minimum absolute atomic E-state index is 0.0249. The van der Waals surface area contributed by atoms with Gasteiger partial charge in [-0.25, -0.2) is 4.79 Å². The van der Waals surface area contributed by atoms with E-state index in [0.29, 0.717) is 31.6 Å². The van der Waals surface area contributed by atoms with E-state index in [9.17, 15) is 22.8 Å². The lowest BCUT2D eigenvalue weighted by Gasteiger charge is -2.31. The van der Waals surface area contributed by atoms with Crippen LogP contribution in [0.4, 0.5) is 23.7 Å². The van der Waals surface area contributed by atoms with Crippen molar-refractivity contribution in [2.24, 2.45) is 5.92 Å². The SMILES string of the molecule is CC(C)(C)c1ccc(NC(=O)N2CCC(C(=O)NCC(F)(F)F)CC2)cc1. The van der Waals surface area contributed by atoms with Crippen LogP contribution in [-0.4, -0.2) is 42.6 Å². The zero-order valence-electron chi connectivity index (χ0n) is 15.8. The lowest BCUT2D eigenvalue weighted by atomic mass is 9.87. The van der Waals surface area contributed by atoms with Gasteiger partial charge in [0.2, 0.25) is 5.91 Å². The average Bonchev–Trinajstić information content (AvgIpc) is 2.59. The normalized spacial score (nSPS) is 16.1. The molecule has 3 amide bonds. The zero-order valence-corrected chi connectivity index (χ0v) is 15.8. The molecule has 1 aliphatic rings. The summed E-state index contributed by atoms with van der Waals surface area (Å²) in [4.78, 5) is 25.7. The molecule has 1 aromatic rings. The number of nitrogens with zero attached hydrogens (tertiary/aromatic N) is 1. The summed E-state index contributed by atoms with van der Waals surface area (Å²) in [6, 6.07) is 7.35. The summed E-state index contributed by atoms with van der Waals surface area (Å²) in [5, 5.41) is 4.73. The number of piperidine rings is 1. The van der Waals surface area contributed by atoms with Crippen molar-refractivity contribution in [3.8, 4) is 0 Å². The van der Waals surface area contributed by atoms with Crippen LogP contribution in [0, 0.1) is 5.92 Å². The number of urea groups is 1. The fourth-order valence-corrected chi connectivity index (χ4v) is 2.93. The van der Waals surface area contributed by atoms with Gasteiger partial charge in [-0.2, -0.15) is 13.2 Å². The first-order chi connectivity index (χ1) is 12.5. The van der Waals surface area contributed by atoms with E-state index in [2.05, 4.69) is 26.1 Å². The minimum Gasteiger partial charge on any atom is -0.347 e. The molecule has 1 aliphatic heterocycles. The van der Waals surface area contributed by atoms with Crippen molar-refractivity contribution in [2.45, 2.75) is 45.2 Å². The van der Waals surface area contributed by atoms with Gasteiger partial charge in [0.1, 0.15) is 6.54 Å². The quantitative estimate of drug-likeness (QED) is 0.829. The second-order valence-corrected chi connectivity index (χ2v) is 7.85. The van der Waals surface area contributed by atoms with Crippen molar-refractivity contribution in [1.82, 2.24) is 10.2 Å². The fourth-order valence-electron chi connectivity index (χ4n) is 2.93. The standard InChI is InChI=1S/C19H26F3N3O2/c1-18(2,3)14-4-6-15(7-5-14)24-17(27)25-10-8-13(9-11-25)16(26)23-12-19(20,21)22/h4-7,13H,8-12H2,1-3H3,(H,23,26)(H,24,27). The van der Waals surface area contributed by atoms with Crippen molar-refractivity contribution in [3.05, 3.63) is 29.8 Å². The smallest absolute Gasteiger partial charge is 0.347 e. The lowest BCUT2D eigenvalue weighted by molar-refractivity contribution is -0.141. The Hall–Kier alpha value is -2.25. The van der Waals surface area contributed by atoms with Crippen LogP contribution in [0.3, 0.4) is 0 Å². The Balaban J connectivity index is 1.82. The number of amides is 3. The van der Waals surface area contributed by atoms with Crippen molar-refractivity contribution in [2.75, 3.05) is 25.0 Å². The molecular weight excluding hydrogens is 359 g/mol. The van der Waals surface area contributed by atoms with Gasteiger partial charge in [-0.15, -0.1) is 0 Å². The van der Waals surface area contributed by atoms with Crippen LogP contribution in [0.1, 0.15) is 39.2 Å². The molecule has 1 fully saturated rings. The van der Waals surface area contributed by atoms with Crippen LogP contribution >= 0.6 is 0 Å². The minimum atomic E-state index is -4.42. The van der Waals surface area contributed by atoms with Crippen LogP contribution in [-0.2, 0) is 10.2 Å². The largest absolute Gasteiger partial charge is 0.405 e. The number of halogens is 3. The number of anilines is 1. The molecule has 2 N–H and O–H groups in total. The molecule has 0 radical (unpaired) electrons.